The van der Waals surface area contributed by atoms with Crippen LogP contribution < -0.4 is 5.32 Å². The van der Waals surface area contributed by atoms with Crippen molar-refractivity contribution in [1.29, 1.82) is 0 Å². The SMILES string of the molecule is CC(=O)C(C)(CCNC(=O)c1ccc(-c2ccc(Br)s2)cc1)S(C)(=O)=O. The molecule has 1 amide bonds. The molecule has 1 heterocycles. The first-order chi connectivity index (χ1) is 12.0. The van der Waals surface area contributed by atoms with Gasteiger partial charge in [-0.2, -0.15) is 0 Å². The molecule has 2 aromatic rings. The quantitative estimate of drug-likeness (QED) is 0.687. The van der Waals surface area contributed by atoms with Gasteiger partial charge in [0.25, 0.3) is 5.91 Å². The zero-order chi connectivity index (χ0) is 19.5. The summed E-state index contributed by atoms with van der Waals surface area (Å²) in [7, 11) is -3.56. The van der Waals surface area contributed by atoms with Gasteiger partial charge in [0.05, 0.1) is 3.79 Å². The number of thiophene rings is 1. The monoisotopic (exact) mass is 457 g/mol. The summed E-state index contributed by atoms with van der Waals surface area (Å²) in [5.74, 6) is -0.732. The van der Waals surface area contributed by atoms with Crippen molar-refractivity contribution in [3.8, 4) is 10.4 Å². The molecule has 1 aromatic heterocycles. The van der Waals surface area contributed by atoms with Crippen LogP contribution in [0.4, 0.5) is 0 Å². The smallest absolute Gasteiger partial charge is 0.251 e. The van der Waals surface area contributed by atoms with E-state index in [0.29, 0.717) is 5.56 Å². The van der Waals surface area contributed by atoms with Crippen molar-refractivity contribution < 1.29 is 18.0 Å². The molecule has 0 aliphatic heterocycles. The van der Waals surface area contributed by atoms with Crippen LogP contribution in [-0.2, 0) is 14.6 Å². The summed E-state index contributed by atoms with van der Waals surface area (Å²) in [6, 6.07) is 11.1. The number of carbonyl (C=O) groups is 2. The Bertz CT molecular complexity index is 919. The first-order valence-electron chi connectivity index (χ1n) is 7.89. The highest BCUT2D eigenvalue weighted by Crippen LogP contribution is 2.31. The Hall–Kier alpha value is -1.51. The lowest BCUT2D eigenvalue weighted by Crippen LogP contribution is -2.44. The molecular weight excluding hydrogens is 438 g/mol. The molecule has 0 saturated heterocycles. The van der Waals surface area contributed by atoms with Crippen LogP contribution in [0.2, 0.25) is 0 Å². The van der Waals surface area contributed by atoms with Crippen LogP contribution in [-0.4, -0.2) is 37.7 Å². The molecule has 1 N–H and O–H groups in total. The van der Waals surface area contributed by atoms with Crippen LogP contribution in [0.5, 0.6) is 0 Å². The van der Waals surface area contributed by atoms with Gasteiger partial charge in [-0.3, -0.25) is 9.59 Å². The largest absolute Gasteiger partial charge is 0.352 e. The van der Waals surface area contributed by atoms with E-state index in [4.69, 9.17) is 0 Å². The van der Waals surface area contributed by atoms with E-state index < -0.39 is 20.4 Å². The Balaban J connectivity index is 2.01. The van der Waals surface area contributed by atoms with Gasteiger partial charge in [-0.1, -0.05) is 12.1 Å². The molecule has 5 nitrogen and oxygen atoms in total. The molecule has 0 aliphatic carbocycles. The second-order valence-corrected chi connectivity index (χ2v) is 11.2. The summed E-state index contributed by atoms with van der Waals surface area (Å²) >= 11 is 5.03. The average molecular weight is 458 g/mol. The van der Waals surface area contributed by atoms with E-state index in [2.05, 4.69) is 21.2 Å². The second kappa shape index (κ2) is 8.02. The van der Waals surface area contributed by atoms with Crippen LogP contribution in [0, 0.1) is 0 Å². The molecular formula is C18H20BrNO4S2. The Kier molecular flexibility index (Phi) is 6.42. The van der Waals surface area contributed by atoms with Crippen molar-refractivity contribution in [1.82, 2.24) is 5.32 Å². The highest BCUT2D eigenvalue weighted by Gasteiger charge is 2.40. The first kappa shape index (κ1) is 20.8. The van der Waals surface area contributed by atoms with E-state index in [9.17, 15) is 18.0 Å². The Labute approximate surface area is 165 Å². The number of carbonyl (C=O) groups excluding carboxylic acids is 2. The third kappa shape index (κ3) is 4.61. The summed E-state index contributed by atoms with van der Waals surface area (Å²) in [6.07, 6.45) is 1.08. The fraction of sp³-hybridized carbons (Fsp3) is 0.333. The lowest BCUT2D eigenvalue weighted by Gasteiger charge is -2.24. The van der Waals surface area contributed by atoms with E-state index in [0.717, 1.165) is 20.5 Å². The maximum atomic E-state index is 12.3. The minimum absolute atomic E-state index is 0.0359. The molecule has 0 spiro atoms. The minimum atomic E-state index is -3.56. The minimum Gasteiger partial charge on any atom is -0.352 e. The van der Waals surface area contributed by atoms with Gasteiger partial charge in [0.1, 0.15) is 4.75 Å². The van der Waals surface area contributed by atoms with Gasteiger partial charge < -0.3 is 5.32 Å². The van der Waals surface area contributed by atoms with Gasteiger partial charge in [0, 0.05) is 23.2 Å². The highest BCUT2D eigenvalue weighted by atomic mass is 79.9. The lowest BCUT2D eigenvalue weighted by atomic mass is 10.0. The van der Waals surface area contributed by atoms with Gasteiger partial charge in [-0.15, -0.1) is 11.3 Å². The molecule has 1 atom stereocenters. The molecule has 2 rings (SSSR count). The number of amides is 1. The maximum absolute atomic E-state index is 12.3. The molecule has 1 unspecified atom stereocenters. The lowest BCUT2D eigenvalue weighted by molar-refractivity contribution is -0.119. The zero-order valence-corrected chi connectivity index (χ0v) is 17.9. The van der Waals surface area contributed by atoms with E-state index in [-0.39, 0.29) is 18.9 Å². The predicted octanol–water partition coefficient (Wildman–Crippen LogP) is 3.69. The molecule has 0 bridgehead atoms. The number of halogens is 1. The third-order valence-electron chi connectivity index (χ3n) is 4.46. The second-order valence-electron chi connectivity index (χ2n) is 6.25. The molecule has 1 aromatic carbocycles. The van der Waals surface area contributed by atoms with Crippen molar-refractivity contribution in [3.63, 3.8) is 0 Å². The number of benzene rings is 1. The fourth-order valence-corrected chi connectivity index (χ4v) is 4.78. The highest BCUT2D eigenvalue weighted by molar-refractivity contribution is 9.11. The Morgan fingerprint density at radius 1 is 1.15 bits per heavy atom. The van der Waals surface area contributed by atoms with Crippen molar-refractivity contribution in [2.24, 2.45) is 0 Å². The summed E-state index contributed by atoms with van der Waals surface area (Å²) in [6.45, 7) is 2.75. The van der Waals surface area contributed by atoms with Gasteiger partial charge >= 0.3 is 0 Å². The molecule has 0 fully saturated rings. The first-order valence-corrected chi connectivity index (χ1v) is 11.4. The fourth-order valence-electron chi connectivity index (χ4n) is 2.39. The number of rotatable bonds is 7. The molecule has 0 radical (unpaired) electrons. The van der Waals surface area contributed by atoms with Gasteiger partial charge in [0.15, 0.2) is 15.6 Å². The zero-order valence-electron chi connectivity index (χ0n) is 14.7. The van der Waals surface area contributed by atoms with Gasteiger partial charge in [-0.25, -0.2) is 8.42 Å². The van der Waals surface area contributed by atoms with E-state index in [1.54, 1.807) is 23.5 Å². The topological polar surface area (TPSA) is 80.3 Å². The number of hydrogen-bond acceptors (Lipinski definition) is 5. The normalized spacial score (nSPS) is 13.8. The molecule has 8 heteroatoms. The maximum Gasteiger partial charge on any atom is 0.251 e. The van der Waals surface area contributed by atoms with Crippen molar-refractivity contribution in [2.45, 2.75) is 25.0 Å². The van der Waals surface area contributed by atoms with Crippen LogP contribution in [0.25, 0.3) is 10.4 Å². The van der Waals surface area contributed by atoms with Gasteiger partial charge in [-0.05, 0) is 66.0 Å². The third-order valence-corrected chi connectivity index (χ3v) is 8.26. The standard InChI is InChI=1S/C18H20BrNO4S2/c1-12(21)18(2,26(3,23)24)10-11-20-17(22)14-6-4-13(5-7-14)15-8-9-16(19)25-15/h4-9H,10-11H2,1-3H3,(H,20,22). The summed E-state index contributed by atoms with van der Waals surface area (Å²) in [4.78, 5) is 25.1. The average Bonchev–Trinajstić information content (AvgIpc) is 3.00. The summed E-state index contributed by atoms with van der Waals surface area (Å²) in [5, 5.41) is 2.68. The van der Waals surface area contributed by atoms with Crippen LogP contribution in [0.15, 0.2) is 40.2 Å². The van der Waals surface area contributed by atoms with E-state index >= 15 is 0 Å². The molecule has 26 heavy (non-hydrogen) atoms. The van der Waals surface area contributed by atoms with Crippen LogP contribution >= 0.6 is 27.3 Å². The molecule has 0 saturated carbocycles. The van der Waals surface area contributed by atoms with Gasteiger partial charge in [0.2, 0.25) is 0 Å². The predicted molar refractivity (Wildman–Crippen MR) is 108 cm³/mol. The number of sulfone groups is 1. The van der Waals surface area contributed by atoms with Crippen molar-refractivity contribution in [3.05, 3.63) is 45.7 Å². The summed E-state index contributed by atoms with van der Waals surface area (Å²) < 4.78 is 23.3. The number of Topliss-reactive ketones (excluding diaryl/α,β-unsaturated/α-hetero) is 1. The van der Waals surface area contributed by atoms with Crippen LogP contribution in [0.1, 0.15) is 30.6 Å². The van der Waals surface area contributed by atoms with E-state index in [1.807, 2.05) is 24.3 Å². The van der Waals surface area contributed by atoms with Crippen molar-refractivity contribution in [2.75, 3.05) is 12.8 Å². The van der Waals surface area contributed by atoms with E-state index in [1.165, 1.54) is 13.8 Å². The number of hydrogen-bond donors (Lipinski definition) is 1. The Morgan fingerprint density at radius 2 is 1.77 bits per heavy atom. The number of nitrogens with one attached hydrogen (secondary N) is 1. The van der Waals surface area contributed by atoms with Crippen molar-refractivity contribution >= 4 is 48.8 Å². The Morgan fingerprint density at radius 3 is 2.23 bits per heavy atom. The van der Waals surface area contributed by atoms with Crippen LogP contribution in [0.3, 0.4) is 0 Å². The number of ketones is 1. The summed E-state index contributed by atoms with van der Waals surface area (Å²) in [5.41, 5.74) is 1.49. The molecule has 140 valence electrons. The molecule has 0 aliphatic rings.